The molecule has 0 aromatic heterocycles. The smallest absolute Gasteiger partial charge is 0.255 e. The molecule has 0 radical (unpaired) electrons. The number of nitrogens with one attached hydrogen (secondary N) is 3. The Morgan fingerprint density at radius 2 is 2.03 bits per heavy atom. The number of hydrogen-bond acceptors (Lipinski definition) is 6. The first-order valence-corrected chi connectivity index (χ1v) is 12.3. The van der Waals surface area contributed by atoms with Crippen molar-refractivity contribution in [2.75, 3.05) is 27.8 Å². The topological polar surface area (TPSA) is 106 Å². The molecule has 2 aliphatic rings. The van der Waals surface area contributed by atoms with E-state index in [-0.39, 0.29) is 39.9 Å². The summed E-state index contributed by atoms with van der Waals surface area (Å²) in [4.78, 5) is 13.3. The van der Waals surface area contributed by atoms with Crippen LogP contribution in [0.1, 0.15) is 55.3 Å². The number of hydrogen-bond donors (Lipinski definition) is 3. The van der Waals surface area contributed by atoms with E-state index in [1.165, 1.54) is 51.8 Å². The number of ether oxygens (including phenoxy) is 2. The van der Waals surface area contributed by atoms with Gasteiger partial charge in [0.1, 0.15) is 0 Å². The number of sulfonamides is 1. The third-order valence-electron chi connectivity index (χ3n) is 6.04. The van der Waals surface area contributed by atoms with Gasteiger partial charge in [0.15, 0.2) is 11.5 Å². The zero-order chi connectivity index (χ0) is 22.4. The Bertz CT molecular complexity index is 923. The molecule has 1 saturated heterocycles. The number of carbonyl (C=O) groups is 1. The van der Waals surface area contributed by atoms with Gasteiger partial charge in [0.25, 0.3) is 5.91 Å². The monoisotopic (exact) mass is 451 g/mol. The van der Waals surface area contributed by atoms with Gasteiger partial charge in [-0.05, 0) is 64.6 Å². The van der Waals surface area contributed by atoms with E-state index in [4.69, 9.17) is 9.47 Å². The highest BCUT2D eigenvalue weighted by atomic mass is 32.2. The molecule has 1 aliphatic carbocycles. The number of allylic oxidation sites excluding steroid dienone is 1. The van der Waals surface area contributed by atoms with Crippen LogP contribution in [0, 0.1) is 0 Å². The van der Waals surface area contributed by atoms with Crippen molar-refractivity contribution in [3.8, 4) is 11.5 Å². The zero-order valence-corrected chi connectivity index (χ0v) is 19.3. The quantitative estimate of drug-likeness (QED) is 0.498. The Morgan fingerprint density at radius 1 is 1.23 bits per heavy atom. The molecule has 1 amide bonds. The lowest BCUT2D eigenvalue weighted by atomic mass is 9.91. The maximum atomic E-state index is 13.4. The largest absolute Gasteiger partial charge is 0.493 e. The standard InChI is InChI=1S/C22H33N3O5S/c1-23-31(27,28)16-13-17(21(30-3)20(14-16)29-2)22(26)25-19(18-10-7-11-24-18)12-15-8-5-4-6-9-15/h8,13-14,18-19,23-24H,4-7,9-12H2,1-3H3,(H,25,26). The predicted octanol–water partition coefficient (Wildman–Crippen LogP) is 2.35. The number of benzene rings is 1. The Balaban J connectivity index is 1.93. The number of carbonyl (C=O) groups excluding carboxylic acids is 1. The maximum absolute atomic E-state index is 13.4. The van der Waals surface area contributed by atoms with Gasteiger partial charge in [-0.1, -0.05) is 11.6 Å². The highest BCUT2D eigenvalue weighted by Crippen LogP contribution is 2.34. The maximum Gasteiger partial charge on any atom is 0.255 e. The summed E-state index contributed by atoms with van der Waals surface area (Å²) < 4.78 is 37.8. The lowest BCUT2D eigenvalue weighted by Gasteiger charge is -2.28. The summed E-state index contributed by atoms with van der Waals surface area (Å²) in [5.74, 6) is 0.0259. The number of methoxy groups -OCH3 is 2. The van der Waals surface area contributed by atoms with Crippen molar-refractivity contribution < 1.29 is 22.7 Å². The van der Waals surface area contributed by atoms with Crippen LogP contribution in [0.25, 0.3) is 0 Å². The fourth-order valence-electron chi connectivity index (χ4n) is 4.35. The second-order valence-electron chi connectivity index (χ2n) is 8.01. The molecular weight excluding hydrogens is 418 g/mol. The lowest BCUT2D eigenvalue weighted by Crippen LogP contribution is -2.47. The van der Waals surface area contributed by atoms with Crippen LogP contribution in [0.15, 0.2) is 28.7 Å². The fourth-order valence-corrected chi connectivity index (χ4v) is 5.12. The molecular formula is C22H33N3O5S. The van der Waals surface area contributed by atoms with Crippen LogP contribution < -0.4 is 24.8 Å². The van der Waals surface area contributed by atoms with Crippen molar-refractivity contribution in [2.45, 2.75) is 61.9 Å². The Labute approximate surface area is 184 Å². The molecule has 0 spiro atoms. The number of rotatable bonds is 9. The molecule has 172 valence electrons. The molecule has 0 bridgehead atoms. The summed E-state index contributed by atoms with van der Waals surface area (Å²) in [6, 6.07) is 2.79. The molecule has 1 heterocycles. The molecule has 1 aliphatic heterocycles. The van der Waals surface area contributed by atoms with Gasteiger partial charge in [-0.2, -0.15) is 0 Å². The predicted molar refractivity (Wildman–Crippen MR) is 119 cm³/mol. The molecule has 8 nitrogen and oxygen atoms in total. The van der Waals surface area contributed by atoms with Gasteiger partial charge in [-0.3, -0.25) is 4.79 Å². The average molecular weight is 452 g/mol. The molecule has 1 fully saturated rings. The second kappa shape index (κ2) is 10.5. The van der Waals surface area contributed by atoms with Crippen LogP contribution in [0.4, 0.5) is 0 Å². The van der Waals surface area contributed by atoms with E-state index < -0.39 is 10.0 Å². The zero-order valence-electron chi connectivity index (χ0n) is 18.5. The van der Waals surface area contributed by atoms with E-state index in [0.29, 0.717) is 0 Å². The third kappa shape index (κ3) is 5.58. The minimum Gasteiger partial charge on any atom is -0.493 e. The van der Waals surface area contributed by atoms with Crippen molar-refractivity contribution in [2.24, 2.45) is 0 Å². The molecule has 3 rings (SSSR count). The van der Waals surface area contributed by atoms with Crippen molar-refractivity contribution >= 4 is 15.9 Å². The molecule has 1 aromatic rings. The first-order chi connectivity index (χ1) is 14.9. The molecule has 31 heavy (non-hydrogen) atoms. The van der Waals surface area contributed by atoms with Crippen molar-refractivity contribution in [3.63, 3.8) is 0 Å². The van der Waals surface area contributed by atoms with Crippen molar-refractivity contribution in [1.29, 1.82) is 0 Å². The lowest BCUT2D eigenvalue weighted by molar-refractivity contribution is 0.0924. The molecule has 0 saturated carbocycles. The van der Waals surface area contributed by atoms with Crippen LogP contribution in [0.5, 0.6) is 11.5 Å². The SMILES string of the molecule is CNS(=O)(=O)c1cc(OC)c(OC)c(C(=O)NC(CC2=CCCCC2)C2CCCN2)c1. The Hall–Kier alpha value is -2.10. The normalized spacial score (nSPS) is 20.1. The van der Waals surface area contributed by atoms with Crippen molar-refractivity contribution in [3.05, 3.63) is 29.3 Å². The van der Waals surface area contributed by atoms with Gasteiger partial charge in [0, 0.05) is 18.2 Å². The minimum absolute atomic E-state index is 0.0525. The fraction of sp³-hybridized carbons (Fsp3) is 0.591. The Morgan fingerprint density at radius 3 is 2.61 bits per heavy atom. The van der Waals surface area contributed by atoms with E-state index in [0.717, 1.165) is 38.6 Å². The highest BCUT2D eigenvalue weighted by molar-refractivity contribution is 7.89. The number of amides is 1. The van der Waals surface area contributed by atoms with E-state index >= 15 is 0 Å². The van der Waals surface area contributed by atoms with Crippen molar-refractivity contribution in [1.82, 2.24) is 15.4 Å². The Kier molecular flexibility index (Phi) is 7.96. The van der Waals surface area contributed by atoms with Gasteiger partial charge in [-0.15, -0.1) is 0 Å². The van der Waals surface area contributed by atoms with Gasteiger partial charge in [-0.25, -0.2) is 13.1 Å². The van der Waals surface area contributed by atoms with Crippen LogP contribution in [0.3, 0.4) is 0 Å². The molecule has 9 heteroatoms. The van der Waals surface area contributed by atoms with E-state index in [2.05, 4.69) is 21.4 Å². The summed E-state index contributed by atoms with van der Waals surface area (Å²) in [6.07, 6.45) is 9.69. The summed E-state index contributed by atoms with van der Waals surface area (Å²) in [5, 5.41) is 6.65. The molecule has 2 unspecified atom stereocenters. The summed E-state index contributed by atoms with van der Waals surface area (Å²) in [6.45, 7) is 0.934. The van der Waals surface area contributed by atoms with E-state index in [9.17, 15) is 13.2 Å². The molecule has 3 N–H and O–H groups in total. The first kappa shape index (κ1) is 23.6. The van der Waals surface area contributed by atoms with E-state index in [1.54, 1.807) is 0 Å². The van der Waals surface area contributed by atoms with Crippen LogP contribution in [-0.2, 0) is 10.0 Å². The molecule has 2 atom stereocenters. The van der Waals surface area contributed by atoms with E-state index in [1.807, 2.05) is 0 Å². The van der Waals surface area contributed by atoms with Crippen LogP contribution >= 0.6 is 0 Å². The third-order valence-corrected chi connectivity index (χ3v) is 7.44. The van der Waals surface area contributed by atoms with Crippen LogP contribution in [0.2, 0.25) is 0 Å². The summed E-state index contributed by atoms with van der Waals surface area (Å²) >= 11 is 0. The average Bonchev–Trinajstić information content (AvgIpc) is 3.33. The summed E-state index contributed by atoms with van der Waals surface area (Å²) in [7, 11) is 0.406. The summed E-state index contributed by atoms with van der Waals surface area (Å²) in [5.41, 5.74) is 1.51. The van der Waals surface area contributed by atoms with Gasteiger partial charge in [0.05, 0.1) is 24.7 Å². The molecule has 1 aromatic carbocycles. The van der Waals surface area contributed by atoms with Gasteiger partial charge < -0.3 is 20.1 Å². The van der Waals surface area contributed by atoms with Crippen LogP contribution in [-0.4, -0.2) is 54.2 Å². The second-order valence-corrected chi connectivity index (χ2v) is 9.90. The highest BCUT2D eigenvalue weighted by Gasteiger charge is 2.30. The first-order valence-electron chi connectivity index (χ1n) is 10.8. The van der Waals surface area contributed by atoms with Gasteiger partial charge in [0.2, 0.25) is 10.0 Å². The minimum atomic E-state index is -3.77. The van der Waals surface area contributed by atoms with Gasteiger partial charge >= 0.3 is 0 Å².